The van der Waals surface area contributed by atoms with E-state index in [0.717, 1.165) is 19.3 Å². The van der Waals surface area contributed by atoms with Gasteiger partial charge in [0.05, 0.1) is 5.41 Å². The highest BCUT2D eigenvalue weighted by molar-refractivity contribution is 5.75. The van der Waals surface area contributed by atoms with Crippen molar-refractivity contribution >= 4 is 5.97 Å². The molecular weight excluding hydrogens is 238 g/mol. The highest BCUT2D eigenvalue weighted by atomic mass is 16.4. The quantitative estimate of drug-likeness (QED) is 0.856. The number of nitrogens with two attached hydrogens (primary N) is 1. The van der Waals surface area contributed by atoms with Crippen LogP contribution < -0.4 is 5.73 Å². The molecule has 3 nitrogen and oxygen atoms in total. The number of carboxylic acid groups (broad SMARTS) is 1. The van der Waals surface area contributed by atoms with Gasteiger partial charge in [0.15, 0.2) is 0 Å². The molecule has 1 aromatic carbocycles. The zero-order valence-electron chi connectivity index (χ0n) is 11.6. The van der Waals surface area contributed by atoms with E-state index in [1.165, 1.54) is 11.1 Å². The van der Waals surface area contributed by atoms with E-state index in [-0.39, 0.29) is 6.54 Å². The molecule has 0 aliphatic heterocycles. The summed E-state index contributed by atoms with van der Waals surface area (Å²) in [5.74, 6) is -0.412. The Morgan fingerprint density at radius 2 is 2.21 bits per heavy atom. The molecule has 1 aliphatic carbocycles. The lowest BCUT2D eigenvalue weighted by atomic mass is 9.71. The Morgan fingerprint density at radius 3 is 2.84 bits per heavy atom. The molecule has 0 aromatic heterocycles. The van der Waals surface area contributed by atoms with E-state index in [1.54, 1.807) is 0 Å². The molecule has 104 valence electrons. The molecule has 0 fully saturated rings. The van der Waals surface area contributed by atoms with Crippen molar-refractivity contribution in [2.75, 3.05) is 6.54 Å². The third kappa shape index (κ3) is 2.66. The molecule has 2 unspecified atom stereocenters. The van der Waals surface area contributed by atoms with Crippen LogP contribution in [0, 0.1) is 5.41 Å². The SMILES string of the molecule is CCC(CN)(CC1CCCc2ccccc21)C(=O)O. The minimum Gasteiger partial charge on any atom is -0.481 e. The van der Waals surface area contributed by atoms with Crippen LogP contribution in [-0.4, -0.2) is 17.6 Å². The van der Waals surface area contributed by atoms with Crippen LogP contribution in [0.25, 0.3) is 0 Å². The summed E-state index contributed by atoms with van der Waals surface area (Å²) >= 11 is 0. The number of aliphatic carboxylic acids is 1. The first-order chi connectivity index (χ1) is 9.13. The van der Waals surface area contributed by atoms with Crippen molar-refractivity contribution in [2.24, 2.45) is 11.1 Å². The predicted molar refractivity (Wildman–Crippen MR) is 76.2 cm³/mol. The molecule has 3 heteroatoms. The molecule has 0 bridgehead atoms. The number of hydrogen-bond donors (Lipinski definition) is 2. The van der Waals surface area contributed by atoms with E-state index in [2.05, 4.69) is 18.2 Å². The van der Waals surface area contributed by atoms with Gasteiger partial charge in [0.1, 0.15) is 0 Å². The second-order valence-electron chi connectivity index (χ2n) is 5.64. The smallest absolute Gasteiger partial charge is 0.310 e. The second-order valence-corrected chi connectivity index (χ2v) is 5.64. The molecule has 2 rings (SSSR count). The van der Waals surface area contributed by atoms with Gasteiger partial charge in [-0.1, -0.05) is 31.2 Å². The fraction of sp³-hybridized carbons (Fsp3) is 0.562. The number of carboxylic acids is 1. The maximum Gasteiger partial charge on any atom is 0.310 e. The van der Waals surface area contributed by atoms with Gasteiger partial charge in [-0.15, -0.1) is 0 Å². The molecule has 19 heavy (non-hydrogen) atoms. The van der Waals surface area contributed by atoms with E-state index >= 15 is 0 Å². The molecule has 0 saturated heterocycles. The summed E-state index contributed by atoms with van der Waals surface area (Å²) in [6.07, 6.45) is 4.59. The molecule has 0 heterocycles. The number of carbonyl (C=O) groups is 1. The standard InChI is InChI=1S/C16H23NO2/c1-2-16(11-17,15(18)19)10-13-8-5-7-12-6-3-4-9-14(12)13/h3-4,6,9,13H,2,5,7-8,10-11,17H2,1H3,(H,18,19). The lowest BCUT2D eigenvalue weighted by Gasteiger charge is -2.34. The Hall–Kier alpha value is -1.35. The Labute approximate surface area is 114 Å². The molecule has 0 radical (unpaired) electrons. The number of hydrogen-bond acceptors (Lipinski definition) is 2. The minimum atomic E-state index is -0.769. The molecule has 2 atom stereocenters. The van der Waals surface area contributed by atoms with Crippen LogP contribution in [0.15, 0.2) is 24.3 Å². The van der Waals surface area contributed by atoms with Crippen molar-refractivity contribution < 1.29 is 9.90 Å². The van der Waals surface area contributed by atoms with Crippen LogP contribution in [0.4, 0.5) is 0 Å². The van der Waals surface area contributed by atoms with E-state index in [0.29, 0.717) is 18.8 Å². The van der Waals surface area contributed by atoms with E-state index < -0.39 is 11.4 Å². The Kier molecular flexibility index (Phi) is 4.25. The van der Waals surface area contributed by atoms with E-state index in [1.807, 2.05) is 13.0 Å². The van der Waals surface area contributed by atoms with Crippen molar-refractivity contribution in [1.82, 2.24) is 0 Å². The number of aryl methyl sites for hydroxylation is 1. The molecule has 0 saturated carbocycles. The first-order valence-electron chi connectivity index (χ1n) is 7.14. The summed E-state index contributed by atoms with van der Waals surface area (Å²) in [6, 6.07) is 8.43. The van der Waals surface area contributed by atoms with Crippen LogP contribution >= 0.6 is 0 Å². The minimum absolute atomic E-state index is 0.220. The Bertz CT molecular complexity index is 452. The van der Waals surface area contributed by atoms with Gasteiger partial charge in [-0.3, -0.25) is 4.79 Å². The maximum atomic E-state index is 11.6. The van der Waals surface area contributed by atoms with Gasteiger partial charge in [-0.25, -0.2) is 0 Å². The highest BCUT2D eigenvalue weighted by Gasteiger charge is 2.38. The zero-order valence-corrected chi connectivity index (χ0v) is 11.6. The van der Waals surface area contributed by atoms with Gasteiger partial charge in [-0.05, 0) is 49.1 Å². The topological polar surface area (TPSA) is 63.3 Å². The first-order valence-corrected chi connectivity index (χ1v) is 7.14. The van der Waals surface area contributed by atoms with Crippen LogP contribution in [0.2, 0.25) is 0 Å². The van der Waals surface area contributed by atoms with Crippen LogP contribution in [0.5, 0.6) is 0 Å². The van der Waals surface area contributed by atoms with Crippen LogP contribution in [-0.2, 0) is 11.2 Å². The largest absolute Gasteiger partial charge is 0.481 e. The van der Waals surface area contributed by atoms with Crippen molar-refractivity contribution in [3.63, 3.8) is 0 Å². The Balaban J connectivity index is 2.26. The molecular formula is C16H23NO2. The normalized spacial score (nSPS) is 21.5. The average molecular weight is 261 g/mol. The third-order valence-corrected chi connectivity index (χ3v) is 4.65. The molecule has 0 amide bonds. The van der Waals surface area contributed by atoms with Crippen molar-refractivity contribution in [2.45, 2.75) is 44.9 Å². The van der Waals surface area contributed by atoms with Gasteiger partial charge < -0.3 is 10.8 Å². The molecule has 0 spiro atoms. The maximum absolute atomic E-state index is 11.6. The summed E-state index contributed by atoms with van der Waals surface area (Å²) in [6.45, 7) is 2.15. The van der Waals surface area contributed by atoms with Gasteiger partial charge in [0, 0.05) is 6.54 Å². The molecule has 1 aromatic rings. The van der Waals surface area contributed by atoms with Gasteiger partial charge >= 0.3 is 5.97 Å². The summed E-state index contributed by atoms with van der Waals surface area (Å²) < 4.78 is 0. The predicted octanol–water partition coefficient (Wildman–Crippen LogP) is 2.94. The van der Waals surface area contributed by atoms with Crippen molar-refractivity contribution in [3.8, 4) is 0 Å². The van der Waals surface area contributed by atoms with Crippen LogP contribution in [0.1, 0.15) is 49.7 Å². The van der Waals surface area contributed by atoms with Gasteiger partial charge in [0.25, 0.3) is 0 Å². The fourth-order valence-corrected chi connectivity index (χ4v) is 3.24. The number of fused-ring (bicyclic) bond motifs is 1. The summed E-state index contributed by atoms with van der Waals surface area (Å²) in [7, 11) is 0. The van der Waals surface area contributed by atoms with Crippen molar-refractivity contribution in [3.05, 3.63) is 35.4 Å². The molecule has 3 N–H and O–H groups in total. The lowest BCUT2D eigenvalue weighted by molar-refractivity contribution is -0.149. The summed E-state index contributed by atoms with van der Waals surface area (Å²) in [5.41, 5.74) is 7.72. The van der Waals surface area contributed by atoms with Gasteiger partial charge in [0.2, 0.25) is 0 Å². The third-order valence-electron chi connectivity index (χ3n) is 4.65. The number of rotatable bonds is 5. The average Bonchev–Trinajstić information content (AvgIpc) is 2.44. The van der Waals surface area contributed by atoms with Gasteiger partial charge in [-0.2, -0.15) is 0 Å². The summed E-state index contributed by atoms with van der Waals surface area (Å²) in [5, 5.41) is 9.52. The summed E-state index contributed by atoms with van der Waals surface area (Å²) in [4.78, 5) is 11.6. The second kappa shape index (κ2) is 5.74. The molecule has 1 aliphatic rings. The lowest BCUT2D eigenvalue weighted by Crippen LogP contribution is -2.39. The van der Waals surface area contributed by atoms with Crippen LogP contribution in [0.3, 0.4) is 0 Å². The monoisotopic (exact) mass is 261 g/mol. The fourth-order valence-electron chi connectivity index (χ4n) is 3.24. The zero-order chi connectivity index (χ0) is 13.9. The van der Waals surface area contributed by atoms with Crippen molar-refractivity contribution in [1.29, 1.82) is 0 Å². The van der Waals surface area contributed by atoms with E-state index in [4.69, 9.17) is 5.73 Å². The highest BCUT2D eigenvalue weighted by Crippen LogP contribution is 2.41. The van der Waals surface area contributed by atoms with E-state index in [9.17, 15) is 9.90 Å². The number of benzene rings is 1. The first kappa shape index (κ1) is 14.1. The Morgan fingerprint density at radius 1 is 1.47 bits per heavy atom.